The highest BCUT2D eigenvalue weighted by molar-refractivity contribution is 6.42. The zero-order chi connectivity index (χ0) is 14.8. The van der Waals surface area contributed by atoms with E-state index < -0.39 is 5.41 Å². The SMILES string of the molecule is CNC(=O)[C@]1(c2ccc(Cl)c(Cl)c2)CCCC[C@@H]1CO. The molecular formula is C15H19Cl2NO2. The van der Waals surface area contributed by atoms with Gasteiger partial charge < -0.3 is 10.4 Å². The Morgan fingerprint density at radius 3 is 2.75 bits per heavy atom. The summed E-state index contributed by atoms with van der Waals surface area (Å²) in [5, 5.41) is 13.4. The lowest BCUT2D eigenvalue weighted by molar-refractivity contribution is -0.130. The Labute approximate surface area is 129 Å². The van der Waals surface area contributed by atoms with E-state index in [4.69, 9.17) is 23.2 Å². The van der Waals surface area contributed by atoms with Crippen LogP contribution in [0.1, 0.15) is 31.2 Å². The third kappa shape index (κ3) is 2.54. The molecule has 1 saturated carbocycles. The maximum Gasteiger partial charge on any atom is 0.230 e. The minimum absolute atomic E-state index is 0.00628. The van der Waals surface area contributed by atoms with Crippen LogP contribution < -0.4 is 5.32 Å². The molecule has 0 unspecified atom stereocenters. The molecule has 0 spiro atoms. The second kappa shape index (κ2) is 6.33. The highest BCUT2D eigenvalue weighted by Crippen LogP contribution is 2.45. The number of aliphatic hydroxyl groups excluding tert-OH is 1. The van der Waals surface area contributed by atoms with Gasteiger partial charge in [-0.25, -0.2) is 0 Å². The number of nitrogens with one attached hydrogen (secondary N) is 1. The fraction of sp³-hybridized carbons (Fsp3) is 0.533. The summed E-state index contributed by atoms with van der Waals surface area (Å²) in [5.41, 5.74) is 0.126. The van der Waals surface area contributed by atoms with E-state index in [2.05, 4.69) is 5.32 Å². The van der Waals surface area contributed by atoms with Crippen molar-refractivity contribution in [1.82, 2.24) is 5.32 Å². The molecule has 0 bridgehead atoms. The normalized spacial score (nSPS) is 26.3. The van der Waals surface area contributed by atoms with Crippen molar-refractivity contribution in [3.8, 4) is 0 Å². The van der Waals surface area contributed by atoms with Gasteiger partial charge in [0, 0.05) is 19.6 Å². The number of carbonyl (C=O) groups excluding carboxylic acids is 1. The summed E-state index contributed by atoms with van der Waals surface area (Å²) < 4.78 is 0. The van der Waals surface area contributed by atoms with Crippen LogP contribution in [0.15, 0.2) is 18.2 Å². The van der Waals surface area contributed by atoms with Gasteiger partial charge in [0.25, 0.3) is 0 Å². The average Bonchev–Trinajstić information content (AvgIpc) is 2.48. The Morgan fingerprint density at radius 1 is 1.40 bits per heavy atom. The minimum atomic E-state index is -0.712. The van der Waals surface area contributed by atoms with Crippen molar-refractivity contribution in [3.05, 3.63) is 33.8 Å². The molecule has 1 amide bonds. The standard InChI is InChI=1S/C15H19Cl2NO2/c1-18-14(20)15(7-3-2-4-11(15)9-19)10-5-6-12(16)13(17)8-10/h5-6,8,11,19H,2-4,7,9H2,1H3,(H,18,20)/t11-,15+/m1/s1. The number of halogens is 2. The lowest BCUT2D eigenvalue weighted by Crippen LogP contribution is -2.51. The zero-order valence-corrected chi connectivity index (χ0v) is 13.0. The average molecular weight is 316 g/mol. The summed E-state index contributed by atoms with van der Waals surface area (Å²) in [5.74, 6) is -0.150. The van der Waals surface area contributed by atoms with Crippen molar-refractivity contribution < 1.29 is 9.90 Å². The molecule has 1 aliphatic rings. The van der Waals surface area contributed by atoms with Crippen molar-refractivity contribution >= 4 is 29.1 Å². The quantitative estimate of drug-likeness (QED) is 0.900. The fourth-order valence-corrected chi connectivity index (χ4v) is 3.60. The number of rotatable bonds is 3. The van der Waals surface area contributed by atoms with Gasteiger partial charge in [0.1, 0.15) is 0 Å². The van der Waals surface area contributed by atoms with Crippen molar-refractivity contribution in [2.24, 2.45) is 5.92 Å². The Morgan fingerprint density at radius 2 is 2.15 bits per heavy atom. The summed E-state index contributed by atoms with van der Waals surface area (Å²) in [7, 11) is 1.63. The molecular weight excluding hydrogens is 297 g/mol. The number of likely N-dealkylation sites (N-methyl/N-ethyl adjacent to an activating group) is 1. The molecule has 2 N–H and O–H groups in total. The van der Waals surface area contributed by atoms with Gasteiger partial charge in [-0.3, -0.25) is 4.79 Å². The predicted molar refractivity (Wildman–Crippen MR) is 81.3 cm³/mol. The highest BCUT2D eigenvalue weighted by Gasteiger charge is 2.47. The van der Waals surface area contributed by atoms with Gasteiger partial charge >= 0.3 is 0 Å². The molecule has 2 rings (SSSR count). The van der Waals surface area contributed by atoms with E-state index in [0.717, 1.165) is 31.2 Å². The van der Waals surface area contributed by atoms with E-state index in [0.29, 0.717) is 10.0 Å². The second-order valence-corrected chi connectivity index (χ2v) is 6.12. The molecule has 0 aliphatic heterocycles. The Balaban J connectivity index is 2.55. The predicted octanol–water partition coefficient (Wildman–Crippen LogP) is 3.16. The van der Waals surface area contributed by atoms with Gasteiger partial charge in [-0.05, 0) is 30.5 Å². The summed E-state index contributed by atoms with van der Waals surface area (Å²) in [4.78, 5) is 12.6. The van der Waals surface area contributed by atoms with Gasteiger partial charge in [-0.15, -0.1) is 0 Å². The molecule has 0 aromatic heterocycles. The fourth-order valence-electron chi connectivity index (χ4n) is 3.30. The summed E-state index contributed by atoms with van der Waals surface area (Å²) in [6.45, 7) is -0.00628. The molecule has 110 valence electrons. The summed E-state index contributed by atoms with van der Waals surface area (Å²) >= 11 is 12.1. The lowest BCUT2D eigenvalue weighted by Gasteiger charge is -2.42. The van der Waals surface area contributed by atoms with E-state index in [-0.39, 0.29) is 18.4 Å². The molecule has 1 fully saturated rings. The van der Waals surface area contributed by atoms with Gasteiger partial charge in [0.05, 0.1) is 15.5 Å². The summed E-state index contributed by atoms with van der Waals surface area (Å²) in [6, 6.07) is 5.32. The molecule has 2 atom stereocenters. The maximum atomic E-state index is 12.6. The Hall–Kier alpha value is -0.770. The van der Waals surface area contributed by atoms with Crippen LogP contribution in [0.25, 0.3) is 0 Å². The second-order valence-electron chi connectivity index (χ2n) is 5.30. The van der Waals surface area contributed by atoms with Gasteiger partial charge in [0.15, 0.2) is 0 Å². The molecule has 20 heavy (non-hydrogen) atoms. The van der Waals surface area contributed by atoms with Crippen molar-refractivity contribution in [2.75, 3.05) is 13.7 Å². The third-order valence-corrected chi connectivity index (χ3v) is 5.10. The van der Waals surface area contributed by atoms with Crippen LogP contribution in [0.3, 0.4) is 0 Å². The van der Waals surface area contributed by atoms with Crippen molar-refractivity contribution in [3.63, 3.8) is 0 Å². The molecule has 3 nitrogen and oxygen atoms in total. The largest absolute Gasteiger partial charge is 0.396 e. The van der Waals surface area contributed by atoms with E-state index in [9.17, 15) is 9.90 Å². The maximum absolute atomic E-state index is 12.6. The highest BCUT2D eigenvalue weighted by atomic mass is 35.5. The number of hydrogen-bond donors (Lipinski definition) is 2. The van der Waals surface area contributed by atoms with Gasteiger partial charge in [-0.1, -0.05) is 42.1 Å². The van der Waals surface area contributed by atoms with Crippen molar-refractivity contribution in [2.45, 2.75) is 31.1 Å². The van der Waals surface area contributed by atoms with Crippen LogP contribution >= 0.6 is 23.2 Å². The molecule has 0 heterocycles. The Bertz CT molecular complexity index is 507. The van der Waals surface area contributed by atoms with E-state index in [1.807, 2.05) is 6.07 Å². The third-order valence-electron chi connectivity index (χ3n) is 4.36. The lowest BCUT2D eigenvalue weighted by atomic mass is 9.62. The molecule has 1 aromatic rings. The van der Waals surface area contributed by atoms with E-state index in [1.165, 1.54) is 0 Å². The van der Waals surface area contributed by atoms with Crippen LogP contribution in [-0.4, -0.2) is 24.7 Å². The first-order valence-corrected chi connectivity index (χ1v) is 7.60. The topological polar surface area (TPSA) is 49.3 Å². The molecule has 0 saturated heterocycles. The van der Waals surface area contributed by atoms with Crippen LogP contribution in [0.4, 0.5) is 0 Å². The van der Waals surface area contributed by atoms with Crippen molar-refractivity contribution in [1.29, 1.82) is 0 Å². The zero-order valence-electron chi connectivity index (χ0n) is 11.5. The van der Waals surface area contributed by atoms with Crippen LogP contribution in [0.2, 0.25) is 10.0 Å². The first-order chi connectivity index (χ1) is 9.56. The Kier molecular flexibility index (Phi) is 4.95. The smallest absolute Gasteiger partial charge is 0.230 e. The molecule has 1 aliphatic carbocycles. The van der Waals surface area contributed by atoms with Gasteiger partial charge in [0.2, 0.25) is 5.91 Å². The number of carbonyl (C=O) groups is 1. The summed E-state index contributed by atoms with van der Waals surface area (Å²) in [6.07, 6.45) is 3.55. The first kappa shape index (κ1) is 15.6. The van der Waals surface area contributed by atoms with Gasteiger partial charge in [-0.2, -0.15) is 0 Å². The molecule has 0 radical (unpaired) electrons. The van der Waals surface area contributed by atoms with Crippen LogP contribution in [-0.2, 0) is 10.2 Å². The molecule has 5 heteroatoms. The molecule has 1 aromatic carbocycles. The van der Waals surface area contributed by atoms with Crippen LogP contribution in [0, 0.1) is 5.92 Å². The first-order valence-electron chi connectivity index (χ1n) is 6.85. The number of hydrogen-bond acceptors (Lipinski definition) is 2. The van der Waals surface area contributed by atoms with E-state index >= 15 is 0 Å². The number of aliphatic hydroxyl groups is 1. The van der Waals surface area contributed by atoms with Crippen LogP contribution in [0.5, 0.6) is 0 Å². The van der Waals surface area contributed by atoms with E-state index in [1.54, 1.807) is 19.2 Å². The number of benzene rings is 1. The number of amides is 1. The minimum Gasteiger partial charge on any atom is -0.396 e. The monoisotopic (exact) mass is 315 g/mol.